The summed E-state index contributed by atoms with van der Waals surface area (Å²) in [6.07, 6.45) is 1.35. The van der Waals surface area contributed by atoms with Gasteiger partial charge in [0.1, 0.15) is 17.5 Å². The number of aryl methyl sites for hydroxylation is 1. The van der Waals surface area contributed by atoms with Crippen LogP contribution in [-0.4, -0.2) is 52.4 Å². The summed E-state index contributed by atoms with van der Waals surface area (Å²) in [6.45, 7) is 7.23. The van der Waals surface area contributed by atoms with E-state index in [1.807, 2.05) is 18.4 Å². The van der Waals surface area contributed by atoms with Crippen molar-refractivity contribution in [3.8, 4) is 5.75 Å². The molecule has 1 aromatic carbocycles. The molecule has 2 heterocycles. The number of rotatable bonds is 5. The van der Waals surface area contributed by atoms with E-state index in [0.29, 0.717) is 18.6 Å². The minimum atomic E-state index is -1.79. The number of carboxylic acids is 1. The van der Waals surface area contributed by atoms with E-state index in [1.165, 1.54) is 6.92 Å². The van der Waals surface area contributed by atoms with Gasteiger partial charge in [-0.15, -0.1) is 0 Å². The van der Waals surface area contributed by atoms with Crippen molar-refractivity contribution in [1.29, 1.82) is 0 Å². The molecule has 3 rings (SSSR count). The summed E-state index contributed by atoms with van der Waals surface area (Å²) in [4.78, 5) is 33.9. The molecule has 0 saturated carbocycles. The molecule has 1 amide bonds. The molecule has 0 aliphatic carbocycles. The number of hydrogen-bond acceptors (Lipinski definition) is 8. The SMILES string of the molecule is CSC1=NC(c2ccc3c(c2)CC[C@H](C(C)(ONC(=O)OC(C)(C)C)C(=O)O)O3)CN1. The summed E-state index contributed by atoms with van der Waals surface area (Å²) in [7, 11) is 0. The van der Waals surface area contributed by atoms with E-state index in [2.05, 4.69) is 21.9 Å². The predicted molar refractivity (Wildman–Crippen MR) is 117 cm³/mol. The van der Waals surface area contributed by atoms with Crippen LogP contribution < -0.4 is 15.5 Å². The van der Waals surface area contributed by atoms with Crippen molar-refractivity contribution in [3.63, 3.8) is 0 Å². The second-order valence-corrected chi connectivity index (χ2v) is 9.46. The van der Waals surface area contributed by atoms with Crippen LogP contribution in [0.15, 0.2) is 23.2 Å². The predicted octanol–water partition coefficient (Wildman–Crippen LogP) is 3.04. The van der Waals surface area contributed by atoms with Crippen molar-refractivity contribution in [2.45, 2.75) is 63.9 Å². The second kappa shape index (κ2) is 8.96. The quantitative estimate of drug-likeness (QED) is 0.585. The smallest absolute Gasteiger partial charge is 0.431 e. The van der Waals surface area contributed by atoms with Crippen LogP contribution in [-0.2, 0) is 20.8 Å². The van der Waals surface area contributed by atoms with Crippen molar-refractivity contribution < 1.29 is 29.0 Å². The topological polar surface area (TPSA) is 118 Å². The van der Waals surface area contributed by atoms with Crippen molar-refractivity contribution >= 4 is 29.0 Å². The summed E-state index contributed by atoms with van der Waals surface area (Å²) in [5, 5.41) is 14.0. The van der Waals surface area contributed by atoms with Crippen LogP contribution in [0, 0.1) is 0 Å². The number of nitrogens with one attached hydrogen (secondary N) is 2. The fourth-order valence-corrected chi connectivity index (χ4v) is 3.89. The highest BCUT2D eigenvalue weighted by Crippen LogP contribution is 2.35. The first-order valence-corrected chi connectivity index (χ1v) is 11.3. The Labute approximate surface area is 185 Å². The van der Waals surface area contributed by atoms with Crippen molar-refractivity contribution in [2.24, 2.45) is 4.99 Å². The lowest BCUT2D eigenvalue weighted by molar-refractivity contribution is -0.190. The number of amidine groups is 1. The van der Waals surface area contributed by atoms with Gasteiger partial charge in [-0.05, 0) is 70.1 Å². The number of aliphatic imine (C=N–C) groups is 1. The van der Waals surface area contributed by atoms with Gasteiger partial charge in [-0.1, -0.05) is 17.8 Å². The molecular formula is C21H29N3O6S. The molecule has 0 aromatic heterocycles. The van der Waals surface area contributed by atoms with E-state index in [1.54, 1.807) is 32.5 Å². The van der Waals surface area contributed by atoms with E-state index in [4.69, 9.17) is 14.3 Å². The van der Waals surface area contributed by atoms with Gasteiger partial charge < -0.3 is 19.9 Å². The lowest BCUT2D eigenvalue weighted by Gasteiger charge is -2.36. The maximum absolute atomic E-state index is 12.0. The summed E-state index contributed by atoms with van der Waals surface area (Å²) >= 11 is 1.58. The summed E-state index contributed by atoms with van der Waals surface area (Å²) in [5.41, 5.74) is 1.64. The van der Waals surface area contributed by atoms with E-state index < -0.39 is 29.4 Å². The van der Waals surface area contributed by atoms with Crippen LogP contribution in [0.1, 0.15) is 51.3 Å². The Balaban J connectivity index is 1.70. The molecular weight excluding hydrogens is 422 g/mol. The number of fused-ring (bicyclic) bond motifs is 1. The standard InChI is InChI=1S/C21H29N3O6S/c1-20(2,3)29-19(27)24-30-21(4,17(25)26)16-9-7-13-10-12(6-8-15(13)28-16)14-11-22-18(23-14)31-5/h6,8,10,14,16H,7,9,11H2,1-5H3,(H,22,23)(H,24,27)(H,25,26)/t14?,16-,21?/m1/s1. The zero-order chi connectivity index (χ0) is 22.8. The third-order valence-corrected chi connectivity index (χ3v) is 5.75. The van der Waals surface area contributed by atoms with Crippen LogP contribution in [0.2, 0.25) is 0 Å². The van der Waals surface area contributed by atoms with Crippen LogP contribution in [0.25, 0.3) is 0 Å². The third-order valence-electron chi connectivity index (χ3n) is 5.11. The first-order valence-electron chi connectivity index (χ1n) is 10.1. The third kappa shape index (κ3) is 5.43. The van der Waals surface area contributed by atoms with Gasteiger partial charge in [-0.3, -0.25) is 4.99 Å². The van der Waals surface area contributed by atoms with Gasteiger partial charge in [0.15, 0.2) is 5.17 Å². The van der Waals surface area contributed by atoms with Crippen molar-refractivity contribution in [2.75, 3.05) is 12.8 Å². The van der Waals surface area contributed by atoms with E-state index in [-0.39, 0.29) is 6.04 Å². The Kier molecular flexibility index (Phi) is 6.70. The van der Waals surface area contributed by atoms with Gasteiger partial charge in [-0.2, -0.15) is 5.48 Å². The average molecular weight is 452 g/mol. The molecule has 3 atom stereocenters. The zero-order valence-electron chi connectivity index (χ0n) is 18.4. The fourth-order valence-electron chi connectivity index (χ4n) is 3.43. The zero-order valence-corrected chi connectivity index (χ0v) is 19.2. The van der Waals surface area contributed by atoms with Gasteiger partial charge in [0.25, 0.3) is 0 Å². The average Bonchev–Trinajstić information content (AvgIpc) is 3.19. The monoisotopic (exact) mass is 451 g/mol. The Morgan fingerprint density at radius 2 is 2.06 bits per heavy atom. The molecule has 0 fully saturated rings. The van der Waals surface area contributed by atoms with E-state index in [9.17, 15) is 14.7 Å². The van der Waals surface area contributed by atoms with Crippen LogP contribution in [0.3, 0.4) is 0 Å². The van der Waals surface area contributed by atoms with E-state index in [0.717, 1.165) is 22.8 Å². The molecule has 2 aliphatic heterocycles. The maximum Gasteiger partial charge on any atom is 0.431 e. The highest BCUT2D eigenvalue weighted by molar-refractivity contribution is 8.13. The molecule has 9 nitrogen and oxygen atoms in total. The van der Waals surface area contributed by atoms with Gasteiger partial charge in [-0.25, -0.2) is 14.4 Å². The molecule has 2 unspecified atom stereocenters. The summed E-state index contributed by atoms with van der Waals surface area (Å²) < 4.78 is 11.1. The minimum absolute atomic E-state index is 0.0520. The van der Waals surface area contributed by atoms with Crippen molar-refractivity contribution in [1.82, 2.24) is 10.8 Å². The van der Waals surface area contributed by atoms with Gasteiger partial charge in [0, 0.05) is 6.54 Å². The number of aliphatic carboxylic acids is 1. The number of carbonyl (C=O) groups is 2. The van der Waals surface area contributed by atoms with Crippen LogP contribution in [0.4, 0.5) is 4.79 Å². The molecule has 0 bridgehead atoms. The highest BCUT2D eigenvalue weighted by Gasteiger charge is 2.47. The molecule has 10 heteroatoms. The molecule has 0 radical (unpaired) electrons. The first-order chi connectivity index (χ1) is 14.5. The van der Waals surface area contributed by atoms with Gasteiger partial charge in [0.2, 0.25) is 5.60 Å². The van der Waals surface area contributed by atoms with Crippen molar-refractivity contribution in [3.05, 3.63) is 29.3 Å². The molecule has 170 valence electrons. The Hall–Kier alpha value is -2.46. The first kappa shape index (κ1) is 23.2. The minimum Gasteiger partial charge on any atom is -0.486 e. The lowest BCUT2D eigenvalue weighted by Crippen LogP contribution is -2.56. The molecule has 2 aliphatic rings. The Morgan fingerprint density at radius 1 is 1.32 bits per heavy atom. The number of ether oxygens (including phenoxy) is 2. The number of amides is 1. The number of nitrogens with zero attached hydrogens (tertiary/aromatic N) is 1. The number of carbonyl (C=O) groups excluding carboxylic acids is 1. The largest absolute Gasteiger partial charge is 0.486 e. The molecule has 0 saturated heterocycles. The Morgan fingerprint density at radius 3 is 2.68 bits per heavy atom. The Bertz CT molecular complexity index is 884. The van der Waals surface area contributed by atoms with E-state index >= 15 is 0 Å². The maximum atomic E-state index is 12.0. The van der Waals surface area contributed by atoms with Crippen LogP contribution in [0.5, 0.6) is 5.75 Å². The number of thioether (sulfide) groups is 1. The number of benzene rings is 1. The normalized spacial score (nSPS) is 22.3. The molecule has 31 heavy (non-hydrogen) atoms. The number of hydrogen-bond donors (Lipinski definition) is 3. The molecule has 1 aromatic rings. The second-order valence-electron chi connectivity index (χ2n) is 8.67. The fraction of sp³-hybridized carbons (Fsp3) is 0.571. The number of hydroxylamine groups is 1. The highest BCUT2D eigenvalue weighted by atomic mass is 32.2. The molecule has 0 spiro atoms. The number of carboxylic acid groups (broad SMARTS) is 1. The van der Waals surface area contributed by atoms with Crippen LogP contribution >= 0.6 is 11.8 Å². The molecule has 3 N–H and O–H groups in total. The van der Waals surface area contributed by atoms with Gasteiger partial charge >= 0.3 is 12.1 Å². The summed E-state index contributed by atoms with van der Waals surface area (Å²) in [5.74, 6) is -0.641. The summed E-state index contributed by atoms with van der Waals surface area (Å²) in [6, 6.07) is 5.89. The van der Waals surface area contributed by atoms with Gasteiger partial charge in [0.05, 0.1) is 6.04 Å². The lowest BCUT2D eigenvalue weighted by atomic mass is 9.90.